The van der Waals surface area contributed by atoms with E-state index < -0.39 is 5.97 Å². The van der Waals surface area contributed by atoms with Gasteiger partial charge in [0.2, 0.25) is 5.95 Å². The van der Waals surface area contributed by atoms with E-state index in [0.717, 1.165) is 51.0 Å². The molecule has 0 spiro atoms. The molecule has 0 unspecified atom stereocenters. The summed E-state index contributed by atoms with van der Waals surface area (Å²) < 4.78 is 0. The number of nitrogens with one attached hydrogen (secondary N) is 1. The minimum atomic E-state index is -0.667. The lowest BCUT2D eigenvalue weighted by atomic mass is 9.97. The Labute approximate surface area is 119 Å². The number of carbonyl (C=O) groups is 1. The number of rotatable bonds is 6. The summed E-state index contributed by atoms with van der Waals surface area (Å²) in [6, 6.07) is 0. The molecule has 0 aromatic carbocycles. The van der Waals surface area contributed by atoms with Crippen molar-refractivity contribution >= 4 is 11.9 Å². The number of piperidine rings is 1. The van der Waals surface area contributed by atoms with Crippen LogP contribution in [-0.4, -0.2) is 45.6 Å². The Morgan fingerprint density at radius 3 is 2.60 bits per heavy atom. The highest BCUT2D eigenvalue weighted by Crippen LogP contribution is 2.18. The van der Waals surface area contributed by atoms with E-state index in [1.807, 2.05) is 12.4 Å². The molecule has 1 saturated heterocycles. The molecule has 6 nitrogen and oxygen atoms in total. The van der Waals surface area contributed by atoms with Gasteiger partial charge in [0.25, 0.3) is 0 Å². The summed E-state index contributed by atoms with van der Waals surface area (Å²) in [6.07, 6.45) is 6.19. The Morgan fingerprint density at radius 1 is 1.40 bits per heavy atom. The quantitative estimate of drug-likeness (QED) is 0.823. The molecule has 0 amide bonds. The van der Waals surface area contributed by atoms with Gasteiger partial charge in [-0.05, 0) is 32.4 Å². The predicted octanol–water partition coefficient (Wildman–Crippen LogP) is 1.60. The van der Waals surface area contributed by atoms with Crippen molar-refractivity contribution in [1.29, 1.82) is 0 Å². The zero-order chi connectivity index (χ0) is 14.4. The average molecular weight is 278 g/mol. The van der Waals surface area contributed by atoms with Crippen LogP contribution in [0.15, 0.2) is 12.4 Å². The van der Waals surface area contributed by atoms with Crippen LogP contribution in [-0.2, 0) is 11.3 Å². The van der Waals surface area contributed by atoms with Crippen molar-refractivity contribution in [2.45, 2.75) is 32.7 Å². The molecule has 1 fully saturated rings. The summed E-state index contributed by atoms with van der Waals surface area (Å²) in [7, 11) is 0. The van der Waals surface area contributed by atoms with Gasteiger partial charge in [-0.1, -0.05) is 6.92 Å². The molecule has 1 aromatic rings. The Balaban J connectivity index is 1.80. The lowest BCUT2D eigenvalue weighted by molar-refractivity contribution is -0.143. The van der Waals surface area contributed by atoms with Gasteiger partial charge in [0.1, 0.15) is 0 Å². The Hall–Kier alpha value is -1.69. The van der Waals surface area contributed by atoms with Gasteiger partial charge in [-0.25, -0.2) is 9.97 Å². The summed E-state index contributed by atoms with van der Waals surface area (Å²) in [5.74, 6) is -0.178. The van der Waals surface area contributed by atoms with Crippen LogP contribution in [0.1, 0.15) is 31.7 Å². The number of aliphatic carboxylic acids is 1. The number of hydrogen-bond acceptors (Lipinski definition) is 5. The van der Waals surface area contributed by atoms with Crippen molar-refractivity contribution in [1.82, 2.24) is 14.9 Å². The molecular weight excluding hydrogens is 256 g/mol. The largest absolute Gasteiger partial charge is 0.481 e. The monoisotopic (exact) mass is 278 g/mol. The third-order valence-electron chi connectivity index (χ3n) is 3.58. The number of likely N-dealkylation sites (tertiary alicyclic amines) is 1. The van der Waals surface area contributed by atoms with Crippen LogP contribution in [0, 0.1) is 5.92 Å². The molecular formula is C14H22N4O2. The number of aromatic nitrogens is 2. The third kappa shape index (κ3) is 4.16. The number of carboxylic acid groups (broad SMARTS) is 1. The lowest BCUT2D eigenvalue weighted by Crippen LogP contribution is -2.35. The number of carboxylic acids is 1. The molecule has 0 radical (unpaired) electrons. The molecule has 1 aliphatic heterocycles. The summed E-state index contributed by atoms with van der Waals surface area (Å²) in [4.78, 5) is 21.7. The van der Waals surface area contributed by atoms with Gasteiger partial charge in [-0.3, -0.25) is 9.69 Å². The minimum absolute atomic E-state index is 0.178. The van der Waals surface area contributed by atoms with Crippen LogP contribution in [0.3, 0.4) is 0 Å². The van der Waals surface area contributed by atoms with Crippen LogP contribution in [0.5, 0.6) is 0 Å². The third-order valence-corrected chi connectivity index (χ3v) is 3.58. The second-order valence-electron chi connectivity index (χ2n) is 5.23. The maximum Gasteiger partial charge on any atom is 0.306 e. The second-order valence-corrected chi connectivity index (χ2v) is 5.23. The molecule has 2 heterocycles. The van der Waals surface area contributed by atoms with E-state index in [0.29, 0.717) is 5.95 Å². The van der Waals surface area contributed by atoms with Gasteiger partial charge >= 0.3 is 5.97 Å². The van der Waals surface area contributed by atoms with Crippen molar-refractivity contribution in [2.75, 3.05) is 25.0 Å². The van der Waals surface area contributed by atoms with Gasteiger partial charge in [0, 0.05) is 31.0 Å². The van der Waals surface area contributed by atoms with Crippen molar-refractivity contribution in [3.8, 4) is 0 Å². The van der Waals surface area contributed by atoms with Crippen molar-refractivity contribution in [2.24, 2.45) is 5.92 Å². The van der Waals surface area contributed by atoms with E-state index >= 15 is 0 Å². The fourth-order valence-electron chi connectivity index (χ4n) is 2.36. The molecule has 0 aliphatic carbocycles. The number of anilines is 1. The number of hydrogen-bond donors (Lipinski definition) is 2. The molecule has 1 aromatic heterocycles. The molecule has 0 atom stereocenters. The first-order valence-corrected chi connectivity index (χ1v) is 7.19. The molecule has 0 saturated carbocycles. The van der Waals surface area contributed by atoms with E-state index in [-0.39, 0.29) is 5.92 Å². The highest BCUT2D eigenvalue weighted by molar-refractivity contribution is 5.70. The van der Waals surface area contributed by atoms with Gasteiger partial charge in [0.15, 0.2) is 0 Å². The standard InChI is InChI=1S/C14H22N4O2/c1-2-5-15-14-16-8-11(9-17-14)10-18-6-3-12(4-7-18)13(19)20/h8-9,12H,2-7,10H2,1H3,(H,19,20)(H,15,16,17). The molecule has 1 aliphatic rings. The van der Waals surface area contributed by atoms with Crippen LogP contribution in [0.25, 0.3) is 0 Å². The zero-order valence-corrected chi connectivity index (χ0v) is 11.9. The van der Waals surface area contributed by atoms with Gasteiger partial charge in [-0.2, -0.15) is 0 Å². The second kappa shape index (κ2) is 7.19. The fraction of sp³-hybridized carbons (Fsp3) is 0.643. The Kier molecular flexibility index (Phi) is 5.29. The van der Waals surface area contributed by atoms with Gasteiger partial charge in [0.05, 0.1) is 5.92 Å². The summed E-state index contributed by atoms with van der Waals surface area (Å²) in [5.41, 5.74) is 1.07. The van der Waals surface area contributed by atoms with Crippen molar-refractivity contribution in [3.63, 3.8) is 0 Å². The molecule has 0 bridgehead atoms. The molecule has 6 heteroatoms. The molecule has 2 rings (SSSR count). The zero-order valence-electron chi connectivity index (χ0n) is 11.9. The molecule has 110 valence electrons. The summed E-state index contributed by atoms with van der Waals surface area (Å²) >= 11 is 0. The summed E-state index contributed by atoms with van der Waals surface area (Å²) in [5, 5.41) is 12.1. The van der Waals surface area contributed by atoms with Gasteiger partial charge in [-0.15, -0.1) is 0 Å². The molecule has 2 N–H and O–H groups in total. The maximum absolute atomic E-state index is 10.9. The normalized spacial score (nSPS) is 17.1. The Morgan fingerprint density at radius 2 is 2.05 bits per heavy atom. The number of nitrogens with zero attached hydrogens (tertiary/aromatic N) is 3. The first-order chi connectivity index (χ1) is 9.69. The van der Waals surface area contributed by atoms with E-state index in [2.05, 4.69) is 27.1 Å². The first kappa shape index (κ1) is 14.7. The topological polar surface area (TPSA) is 78.4 Å². The van der Waals surface area contributed by atoms with Crippen LogP contribution in [0.2, 0.25) is 0 Å². The highest BCUT2D eigenvalue weighted by Gasteiger charge is 2.24. The average Bonchev–Trinajstić information content (AvgIpc) is 2.47. The van der Waals surface area contributed by atoms with Crippen LogP contribution >= 0.6 is 0 Å². The van der Waals surface area contributed by atoms with E-state index in [1.54, 1.807) is 0 Å². The predicted molar refractivity (Wildman–Crippen MR) is 76.4 cm³/mol. The smallest absolute Gasteiger partial charge is 0.306 e. The lowest BCUT2D eigenvalue weighted by Gasteiger charge is -2.29. The van der Waals surface area contributed by atoms with Crippen molar-refractivity contribution < 1.29 is 9.90 Å². The fourth-order valence-corrected chi connectivity index (χ4v) is 2.36. The van der Waals surface area contributed by atoms with Crippen molar-refractivity contribution in [3.05, 3.63) is 18.0 Å². The SMILES string of the molecule is CCCNc1ncc(CN2CCC(C(=O)O)CC2)cn1. The van der Waals surface area contributed by atoms with E-state index in [4.69, 9.17) is 5.11 Å². The van der Waals surface area contributed by atoms with E-state index in [1.165, 1.54) is 0 Å². The maximum atomic E-state index is 10.9. The minimum Gasteiger partial charge on any atom is -0.481 e. The first-order valence-electron chi connectivity index (χ1n) is 7.19. The van der Waals surface area contributed by atoms with Crippen LogP contribution in [0.4, 0.5) is 5.95 Å². The summed E-state index contributed by atoms with van der Waals surface area (Å²) in [6.45, 7) is 5.42. The molecule has 20 heavy (non-hydrogen) atoms. The van der Waals surface area contributed by atoms with E-state index in [9.17, 15) is 4.79 Å². The van der Waals surface area contributed by atoms with Gasteiger partial charge < -0.3 is 10.4 Å². The Bertz CT molecular complexity index is 427. The highest BCUT2D eigenvalue weighted by atomic mass is 16.4. The van der Waals surface area contributed by atoms with Crippen LogP contribution < -0.4 is 5.32 Å².